The molecule has 0 aromatic heterocycles. The topological polar surface area (TPSA) is 67.4 Å². The van der Waals surface area contributed by atoms with Gasteiger partial charge in [0, 0.05) is 11.4 Å². The minimum absolute atomic E-state index is 0.165. The maximum atomic E-state index is 11.2. The van der Waals surface area contributed by atoms with Gasteiger partial charge >= 0.3 is 0 Å². The smallest absolute Gasteiger partial charge is 0.214 e. The second-order valence-corrected chi connectivity index (χ2v) is 8.98. The second-order valence-electron chi connectivity index (χ2n) is 8.98. The van der Waals surface area contributed by atoms with Gasteiger partial charge in [0.15, 0.2) is 6.29 Å². The van der Waals surface area contributed by atoms with E-state index in [2.05, 4.69) is 53.6 Å². The molecule has 0 bridgehead atoms. The fourth-order valence-electron chi connectivity index (χ4n) is 3.99. The van der Waals surface area contributed by atoms with Crippen LogP contribution in [0.4, 0.5) is 11.4 Å². The van der Waals surface area contributed by atoms with E-state index in [1.165, 1.54) is 16.7 Å². The summed E-state index contributed by atoms with van der Waals surface area (Å²) in [5.74, 6) is -0.448. The summed E-state index contributed by atoms with van der Waals surface area (Å²) < 4.78 is 5.46. The van der Waals surface area contributed by atoms with E-state index in [-0.39, 0.29) is 12.8 Å². The SMILES string of the molecule is C=Cc1cccc(CCC2NC(C(=O)C=O)CO2)c1.c1cc2ccc1-2.c1ccc(Nc2ccccc2)cc1. The van der Waals surface area contributed by atoms with Crippen LogP contribution in [0.1, 0.15) is 17.5 Å². The van der Waals surface area contributed by atoms with E-state index in [1.807, 2.05) is 78.9 Å². The van der Waals surface area contributed by atoms with Crippen molar-refractivity contribution in [3.63, 3.8) is 0 Å². The van der Waals surface area contributed by atoms with E-state index in [0.29, 0.717) is 6.29 Å². The van der Waals surface area contributed by atoms with Crippen LogP contribution in [0.2, 0.25) is 0 Å². The molecule has 3 aliphatic rings. The van der Waals surface area contributed by atoms with Crippen LogP contribution in [0.3, 0.4) is 0 Å². The number of aldehydes is 1. The van der Waals surface area contributed by atoms with Gasteiger partial charge in [-0.2, -0.15) is 0 Å². The van der Waals surface area contributed by atoms with Crippen molar-refractivity contribution in [1.29, 1.82) is 0 Å². The number of hydrogen-bond acceptors (Lipinski definition) is 5. The lowest BCUT2D eigenvalue weighted by atomic mass is 9.95. The van der Waals surface area contributed by atoms with Gasteiger partial charge < -0.3 is 10.1 Å². The third kappa shape index (κ3) is 7.84. The molecule has 2 aliphatic carbocycles. The highest BCUT2D eigenvalue weighted by Crippen LogP contribution is 2.29. The van der Waals surface area contributed by atoms with Crippen molar-refractivity contribution in [2.75, 3.05) is 11.9 Å². The van der Waals surface area contributed by atoms with Gasteiger partial charge in [-0.15, -0.1) is 0 Å². The van der Waals surface area contributed by atoms with E-state index >= 15 is 0 Å². The first-order valence-electron chi connectivity index (χ1n) is 12.7. The van der Waals surface area contributed by atoms with Crippen molar-refractivity contribution in [2.45, 2.75) is 25.1 Å². The molecule has 5 nitrogen and oxygen atoms in total. The molecular formula is C33H32N2O3. The summed E-state index contributed by atoms with van der Waals surface area (Å²) in [4.78, 5) is 21.6. The van der Waals surface area contributed by atoms with Crippen LogP contribution >= 0.6 is 0 Å². The molecule has 1 aliphatic heterocycles. The second kappa shape index (κ2) is 13.8. The van der Waals surface area contributed by atoms with Crippen LogP contribution < -0.4 is 10.6 Å². The standard InChI is InChI=1S/C15H17NO3.C12H11N.C6H4/c1-2-11-4-3-5-12(8-11)6-7-15-16-13(10-19-15)14(18)9-17;1-3-7-11(8-4-1)13-12-9-5-2-6-10-12;1-2-6-4-3-5(1)6/h2-5,8-9,13,15-16H,1,6-7,10H2;1-10,13H;1-4H. The number of anilines is 2. The number of carbonyl (C=O) groups excluding carboxylic acids is 2. The lowest BCUT2D eigenvalue weighted by Crippen LogP contribution is -2.37. The van der Waals surface area contributed by atoms with Crippen LogP contribution in [0.15, 0.2) is 116 Å². The third-order valence-corrected chi connectivity index (χ3v) is 6.25. The Morgan fingerprint density at radius 1 is 0.868 bits per heavy atom. The fraction of sp³-hybridized carbons (Fsp3) is 0.152. The van der Waals surface area contributed by atoms with Crippen LogP contribution in [-0.4, -0.2) is 30.9 Å². The van der Waals surface area contributed by atoms with Gasteiger partial charge in [0.1, 0.15) is 6.23 Å². The number of aryl methyl sites for hydroxylation is 1. The van der Waals surface area contributed by atoms with E-state index < -0.39 is 11.8 Å². The number of rotatable bonds is 8. The zero-order valence-electron chi connectivity index (χ0n) is 21.3. The molecule has 1 saturated heterocycles. The maximum Gasteiger partial charge on any atom is 0.214 e. The minimum atomic E-state index is -0.484. The lowest BCUT2D eigenvalue weighted by Gasteiger charge is -2.10. The first kappa shape index (κ1) is 26.7. The summed E-state index contributed by atoms with van der Waals surface area (Å²) in [5.41, 5.74) is 7.38. The van der Waals surface area contributed by atoms with Gasteiger partial charge in [0.25, 0.3) is 0 Å². The molecule has 38 heavy (non-hydrogen) atoms. The Bertz CT molecular complexity index is 1260. The Kier molecular flexibility index (Phi) is 9.74. The largest absolute Gasteiger partial charge is 0.361 e. The van der Waals surface area contributed by atoms with Crippen molar-refractivity contribution in [3.05, 3.63) is 127 Å². The third-order valence-electron chi connectivity index (χ3n) is 6.25. The van der Waals surface area contributed by atoms with E-state index in [4.69, 9.17) is 4.74 Å². The lowest BCUT2D eigenvalue weighted by molar-refractivity contribution is -0.131. The van der Waals surface area contributed by atoms with Crippen molar-refractivity contribution in [2.24, 2.45) is 0 Å². The van der Waals surface area contributed by atoms with Gasteiger partial charge in [0.05, 0.1) is 12.6 Å². The van der Waals surface area contributed by atoms with Crippen LogP contribution in [0.5, 0.6) is 0 Å². The van der Waals surface area contributed by atoms with Crippen molar-refractivity contribution in [3.8, 4) is 11.1 Å². The molecule has 0 saturated carbocycles. The highest BCUT2D eigenvalue weighted by Gasteiger charge is 2.28. The number of nitrogens with one attached hydrogen (secondary N) is 2. The van der Waals surface area contributed by atoms with Crippen molar-refractivity contribution < 1.29 is 14.3 Å². The monoisotopic (exact) mass is 504 g/mol. The van der Waals surface area contributed by atoms with Gasteiger partial charge in [-0.1, -0.05) is 97.6 Å². The molecule has 2 unspecified atom stereocenters. The molecule has 0 amide bonds. The number of benzene rings is 4. The number of ether oxygens (including phenoxy) is 1. The molecule has 0 radical (unpaired) electrons. The molecule has 3 aromatic rings. The Morgan fingerprint density at radius 3 is 1.97 bits per heavy atom. The molecule has 5 heteroatoms. The predicted octanol–water partition coefficient (Wildman–Crippen LogP) is 6.44. The zero-order chi connectivity index (χ0) is 26.6. The molecule has 3 aromatic carbocycles. The Balaban J connectivity index is 0.000000150. The molecule has 6 rings (SSSR count). The normalized spacial score (nSPS) is 16.1. The van der Waals surface area contributed by atoms with Crippen LogP contribution in [-0.2, 0) is 20.7 Å². The number of ketones is 1. The highest BCUT2D eigenvalue weighted by molar-refractivity contribution is 6.27. The molecule has 2 atom stereocenters. The summed E-state index contributed by atoms with van der Waals surface area (Å²) in [6.45, 7) is 4.01. The summed E-state index contributed by atoms with van der Waals surface area (Å²) in [6.07, 6.45) is 3.61. The van der Waals surface area contributed by atoms with Crippen molar-refractivity contribution in [1.82, 2.24) is 5.32 Å². The Morgan fingerprint density at radius 2 is 1.47 bits per heavy atom. The molecule has 2 N–H and O–H groups in total. The highest BCUT2D eigenvalue weighted by atomic mass is 16.5. The fourth-order valence-corrected chi connectivity index (χ4v) is 3.99. The van der Waals surface area contributed by atoms with Crippen molar-refractivity contribution >= 4 is 29.5 Å². The number of para-hydroxylation sites is 2. The summed E-state index contributed by atoms with van der Waals surface area (Å²) in [5, 5.41) is 6.32. The first-order chi connectivity index (χ1) is 18.6. The molecule has 0 spiro atoms. The zero-order valence-corrected chi connectivity index (χ0v) is 21.3. The van der Waals surface area contributed by atoms with E-state index in [0.717, 1.165) is 29.8 Å². The molecule has 1 fully saturated rings. The molecule has 192 valence electrons. The van der Waals surface area contributed by atoms with Gasteiger partial charge in [-0.25, -0.2) is 0 Å². The van der Waals surface area contributed by atoms with E-state index in [9.17, 15) is 9.59 Å². The van der Waals surface area contributed by atoms with Gasteiger partial charge in [-0.3, -0.25) is 14.9 Å². The van der Waals surface area contributed by atoms with Gasteiger partial charge in [0.2, 0.25) is 5.78 Å². The summed E-state index contributed by atoms with van der Waals surface area (Å²) in [7, 11) is 0. The summed E-state index contributed by atoms with van der Waals surface area (Å²) in [6, 6.07) is 36.4. The minimum Gasteiger partial charge on any atom is -0.361 e. The summed E-state index contributed by atoms with van der Waals surface area (Å²) >= 11 is 0. The Labute approximate surface area is 224 Å². The molecular weight excluding hydrogens is 472 g/mol. The maximum absolute atomic E-state index is 11.2. The number of carbonyl (C=O) groups is 2. The molecule has 1 heterocycles. The van der Waals surface area contributed by atoms with Gasteiger partial charge in [-0.05, 0) is 59.4 Å². The van der Waals surface area contributed by atoms with Crippen LogP contribution in [0.25, 0.3) is 17.2 Å². The predicted molar refractivity (Wildman–Crippen MR) is 154 cm³/mol. The number of fused-ring (bicyclic) bond motifs is 1. The quantitative estimate of drug-likeness (QED) is 0.188. The average Bonchev–Trinajstić information content (AvgIpc) is 3.44. The Hall–Kier alpha value is -4.32. The van der Waals surface area contributed by atoms with E-state index in [1.54, 1.807) is 0 Å². The average molecular weight is 505 g/mol. The number of hydrogen-bond donors (Lipinski definition) is 2. The first-order valence-corrected chi connectivity index (χ1v) is 12.7. The number of Topliss-reactive ketones (excluding diaryl/α,β-unsaturated/α-hetero) is 1. The van der Waals surface area contributed by atoms with Crippen LogP contribution in [0, 0.1) is 0 Å².